The highest BCUT2D eigenvalue weighted by Gasteiger charge is 2.21. The van der Waals surface area contributed by atoms with Crippen LogP contribution in [0.5, 0.6) is 0 Å². The standard InChI is InChI=1S/C15H26N2O/c1-13(11-16-12-15-9-6-10-18-15)17(2)14-7-4-3-5-8-14/h6,9-10,13-14,16H,3-5,7-8,11-12H2,1-2H3. The van der Waals surface area contributed by atoms with Crippen LogP contribution in [-0.4, -0.2) is 30.6 Å². The molecule has 18 heavy (non-hydrogen) atoms. The number of furan rings is 1. The average Bonchev–Trinajstić information content (AvgIpc) is 2.92. The van der Waals surface area contributed by atoms with Gasteiger partial charge < -0.3 is 9.73 Å². The summed E-state index contributed by atoms with van der Waals surface area (Å²) in [7, 11) is 2.27. The molecule has 1 fully saturated rings. The van der Waals surface area contributed by atoms with Gasteiger partial charge in [0.25, 0.3) is 0 Å². The Morgan fingerprint density at radius 3 is 2.83 bits per heavy atom. The third-order valence-electron chi connectivity index (χ3n) is 4.16. The van der Waals surface area contributed by atoms with E-state index in [0.717, 1.165) is 24.9 Å². The first-order valence-corrected chi connectivity index (χ1v) is 7.22. The predicted octanol–water partition coefficient (Wildman–Crippen LogP) is 3.02. The normalized spacial score (nSPS) is 19.3. The zero-order chi connectivity index (χ0) is 12.8. The van der Waals surface area contributed by atoms with Crippen molar-refractivity contribution in [2.75, 3.05) is 13.6 Å². The monoisotopic (exact) mass is 250 g/mol. The second kappa shape index (κ2) is 6.95. The van der Waals surface area contributed by atoms with Crippen LogP contribution < -0.4 is 5.32 Å². The third kappa shape index (κ3) is 3.85. The van der Waals surface area contributed by atoms with Gasteiger partial charge in [0.05, 0.1) is 12.8 Å². The van der Waals surface area contributed by atoms with Gasteiger partial charge in [-0.25, -0.2) is 0 Å². The maximum absolute atomic E-state index is 5.32. The van der Waals surface area contributed by atoms with Gasteiger partial charge in [-0.3, -0.25) is 4.90 Å². The van der Waals surface area contributed by atoms with Crippen molar-refractivity contribution >= 4 is 0 Å². The van der Waals surface area contributed by atoms with Crippen molar-refractivity contribution in [2.24, 2.45) is 0 Å². The highest BCUT2D eigenvalue weighted by Crippen LogP contribution is 2.22. The minimum Gasteiger partial charge on any atom is -0.468 e. The van der Waals surface area contributed by atoms with E-state index in [1.165, 1.54) is 32.1 Å². The Morgan fingerprint density at radius 1 is 1.39 bits per heavy atom. The Labute approximate surface area is 111 Å². The topological polar surface area (TPSA) is 28.4 Å². The lowest BCUT2D eigenvalue weighted by atomic mass is 9.94. The number of likely N-dealkylation sites (N-methyl/N-ethyl adjacent to an activating group) is 1. The fourth-order valence-corrected chi connectivity index (χ4v) is 2.81. The van der Waals surface area contributed by atoms with Crippen molar-refractivity contribution in [3.63, 3.8) is 0 Å². The first-order chi connectivity index (χ1) is 8.77. The van der Waals surface area contributed by atoms with E-state index < -0.39 is 0 Å². The zero-order valence-corrected chi connectivity index (χ0v) is 11.7. The molecular formula is C15H26N2O. The molecule has 0 amide bonds. The molecule has 0 radical (unpaired) electrons. The van der Waals surface area contributed by atoms with Crippen LogP contribution in [0, 0.1) is 0 Å². The maximum Gasteiger partial charge on any atom is 0.117 e. The number of rotatable bonds is 6. The molecule has 1 N–H and O–H groups in total. The van der Waals surface area contributed by atoms with E-state index >= 15 is 0 Å². The van der Waals surface area contributed by atoms with Gasteiger partial charge >= 0.3 is 0 Å². The Hall–Kier alpha value is -0.800. The van der Waals surface area contributed by atoms with E-state index in [4.69, 9.17) is 4.42 Å². The smallest absolute Gasteiger partial charge is 0.117 e. The lowest BCUT2D eigenvalue weighted by Crippen LogP contribution is -2.44. The molecule has 1 heterocycles. The molecule has 1 unspecified atom stereocenters. The summed E-state index contributed by atoms with van der Waals surface area (Å²) in [5.41, 5.74) is 0. The fourth-order valence-electron chi connectivity index (χ4n) is 2.81. The minimum atomic E-state index is 0.586. The zero-order valence-electron chi connectivity index (χ0n) is 11.7. The van der Waals surface area contributed by atoms with E-state index in [2.05, 4.69) is 24.2 Å². The Kier molecular flexibility index (Phi) is 5.26. The van der Waals surface area contributed by atoms with E-state index in [-0.39, 0.29) is 0 Å². The molecule has 3 nitrogen and oxygen atoms in total. The Balaban J connectivity index is 1.68. The van der Waals surface area contributed by atoms with Crippen molar-refractivity contribution in [1.29, 1.82) is 0 Å². The van der Waals surface area contributed by atoms with Crippen LogP contribution in [0.4, 0.5) is 0 Å². The molecule has 0 spiro atoms. The molecule has 1 aromatic heterocycles. The maximum atomic E-state index is 5.32. The third-order valence-corrected chi connectivity index (χ3v) is 4.16. The number of nitrogens with zero attached hydrogens (tertiary/aromatic N) is 1. The minimum absolute atomic E-state index is 0.586. The molecule has 0 saturated heterocycles. The molecule has 1 aliphatic carbocycles. The summed E-state index contributed by atoms with van der Waals surface area (Å²) in [5.74, 6) is 1.02. The molecule has 1 saturated carbocycles. The average molecular weight is 250 g/mol. The molecule has 1 aliphatic rings. The molecule has 1 atom stereocenters. The van der Waals surface area contributed by atoms with Crippen LogP contribution in [0.3, 0.4) is 0 Å². The summed E-state index contributed by atoms with van der Waals surface area (Å²) in [5, 5.41) is 3.47. The van der Waals surface area contributed by atoms with Crippen molar-refractivity contribution in [1.82, 2.24) is 10.2 Å². The van der Waals surface area contributed by atoms with Gasteiger partial charge in [-0.1, -0.05) is 19.3 Å². The summed E-state index contributed by atoms with van der Waals surface area (Å²) in [4.78, 5) is 2.55. The van der Waals surface area contributed by atoms with Gasteiger partial charge in [0.1, 0.15) is 5.76 Å². The molecule has 102 valence electrons. The highest BCUT2D eigenvalue weighted by molar-refractivity contribution is 4.97. The predicted molar refractivity (Wildman–Crippen MR) is 74.5 cm³/mol. The molecule has 0 aliphatic heterocycles. The molecule has 3 heteroatoms. The van der Waals surface area contributed by atoms with Crippen LogP contribution in [0.15, 0.2) is 22.8 Å². The van der Waals surface area contributed by atoms with Crippen LogP contribution in [0.25, 0.3) is 0 Å². The van der Waals surface area contributed by atoms with Crippen molar-refractivity contribution in [3.8, 4) is 0 Å². The Morgan fingerprint density at radius 2 is 2.17 bits per heavy atom. The van der Waals surface area contributed by atoms with Crippen LogP contribution in [0.2, 0.25) is 0 Å². The second-order valence-corrected chi connectivity index (χ2v) is 5.52. The quantitative estimate of drug-likeness (QED) is 0.841. The van der Waals surface area contributed by atoms with Gasteiger partial charge in [-0.05, 0) is 38.9 Å². The highest BCUT2D eigenvalue weighted by atomic mass is 16.3. The summed E-state index contributed by atoms with van der Waals surface area (Å²) < 4.78 is 5.32. The SMILES string of the molecule is CC(CNCc1ccco1)N(C)C1CCCCC1. The summed E-state index contributed by atoms with van der Waals surface area (Å²) >= 11 is 0. The lowest BCUT2D eigenvalue weighted by Gasteiger charge is -2.35. The van der Waals surface area contributed by atoms with Gasteiger partial charge in [-0.2, -0.15) is 0 Å². The summed E-state index contributed by atoms with van der Waals surface area (Å²) in [6.07, 6.45) is 8.71. The van der Waals surface area contributed by atoms with Crippen LogP contribution in [-0.2, 0) is 6.54 Å². The summed E-state index contributed by atoms with van der Waals surface area (Å²) in [6, 6.07) is 5.33. The first kappa shape index (κ1) is 13.6. The van der Waals surface area contributed by atoms with E-state index in [0.29, 0.717) is 6.04 Å². The Bertz CT molecular complexity index is 317. The number of nitrogens with one attached hydrogen (secondary N) is 1. The molecule has 1 aromatic rings. The van der Waals surface area contributed by atoms with Crippen LogP contribution >= 0.6 is 0 Å². The van der Waals surface area contributed by atoms with Crippen molar-refractivity contribution < 1.29 is 4.42 Å². The van der Waals surface area contributed by atoms with Crippen molar-refractivity contribution in [2.45, 2.75) is 57.7 Å². The number of hydrogen-bond donors (Lipinski definition) is 1. The largest absolute Gasteiger partial charge is 0.468 e. The molecule has 2 rings (SSSR count). The molecule has 0 bridgehead atoms. The molecular weight excluding hydrogens is 224 g/mol. The molecule has 0 aromatic carbocycles. The van der Waals surface area contributed by atoms with Crippen molar-refractivity contribution in [3.05, 3.63) is 24.2 Å². The van der Waals surface area contributed by atoms with E-state index in [1.54, 1.807) is 6.26 Å². The first-order valence-electron chi connectivity index (χ1n) is 7.22. The van der Waals surface area contributed by atoms with Gasteiger partial charge in [-0.15, -0.1) is 0 Å². The second-order valence-electron chi connectivity index (χ2n) is 5.52. The van der Waals surface area contributed by atoms with Gasteiger partial charge in [0, 0.05) is 18.6 Å². The lowest BCUT2D eigenvalue weighted by molar-refractivity contribution is 0.144. The van der Waals surface area contributed by atoms with E-state index in [1.807, 2.05) is 12.1 Å². The van der Waals surface area contributed by atoms with Gasteiger partial charge in [0.2, 0.25) is 0 Å². The summed E-state index contributed by atoms with van der Waals surface area (Å²) in [6.45, 7) is 4.16. The number of hydrogen-bond acceptors (Lipinski definition) is 3. The van der Waals surface area contributed by atoms with Crippen LogP contribution in [0.1, 0.15) is 44.8 Å². The fraction of sp³-hybridized carbons (Fsp3) is 0.733. The van der Waals surface area contributed by atoms with E-state index in [9.17, 15) is 0 Å². The van der Waals surface area contributed by atoms with Gasteiger partial charge in [0.15, 0.2) is 0 Å².